The molecular formula is C13H20N2O4S2. The third kappa shape index (κ3) is 4.03. The van der Waals surface area contributed by atoms with Gasteiger partial charge < -0.3 is 5.32 Å². The molecule has 0 spiro atoms. The number of piperazine rings is 1. The fraction of sp³-hybridized carbons (Fsp3) is 0.538. The lowest BCUT2D eigenvalue weighted by Crippen LogP contribution is -2.43. The van der Waals surface area contributed by atoms with Crippen LogP contribution in [0.2, 0.25) is 0 Å². The van der Waals surface area contributed by atoms with Gasteiger partial charge in [0.05, 0.1) is 9.79 Å². The summed E-state index contributed by atoms with van der Waals surface area (Å²) in [4.78, 5) is 1.94. The van der Waals surface area contributed by atoms with Crippen LogP contribution >= 0.6 is 0 Å². The highest BCUT2D eigenvalue weighted by Crippen LogP contribution is 2.26. The van der Waals surface area contributed by atoms with Crippen molar-refractivity contribution in [1.29, 1.82) is 0 Å². The summed E-state index contributed by atoms with van der Waals surface area (Å²) in [6.07, 6.45) is 2.09. The van der Waals surface area contributed by atoms with Crippen LogP contribution in [0.5, 0.6) is 0 Å². The van der Waals surface area contributed by atoms with Crippen molar-refractivity contribution in [2.75, 3.05) is 38.7 Å². The van der Waals surface area contributed by atoms with Crippen molar-refractivity contribution >= 4 is 19.7 Å². The Morgan fingerprint density at radius 1 is 1.05 bits per heavy atom. The lowest BCUT2D eigenvalue weighted by atomic mass is 10.2. The predicted octanol–water partition coefficient (Wildman–Crippen LogP) is -0.101. The van der Waals surface area contributed by atoms with Crippen LogP contribution in [-0.4, -0.2) is 60.4 Å². The van der Waals surface area contributed by atoms with Gasteiger partial charge in [0.25, 0.3) is 0 Å². The van der Waals surface area contributed by atoms with E-state index in [1.54, 1.807) is 12.1 Å². The first-order valence-electron chi connectivity index (χ1n) is 6.64. The first-order valence-corrected chi connectivity index (χ1v) is 10.4. The zero-order chi connectivity index (χ0) is 15.7. The highest BCUT2D eigenvalue weighted by atomic mass is 32.2. The fourth-order valence-corrected chi connectivity index (χ4v) is 5.25. The molecule has 1 saturated heterocycles. The standard InChI is InChI=1S/C13H20N2O4S2/c1-20(16,17)12-5-3-4-11(13(12)21(2,18)19)10-15-8-6-14-7-9-15/h3-5,14H,6-10H2,1-2H3. The summed E-state index contributed by atoms with van der Waals surface area (Å²) in [5, 5.41) is 3.23. The molecule has 2 rings (SSSR count). The van der Waals surface area contributed by atoms with E-state index in [9.17, 15) is 16.8 Å². The molecule has 21 heavy (non-hydrogen) atoms. The topological polar surface area (TPSA) is 83.6 Å². The normalized spacial score (nSPS) is 17.8. The molecule has 8 heteroatoms. The first kappa shape index (κ1) is 16.4. The maximum atomic E-state index is 12.1. The van der Waals surface area contributed by atoms with Crippen molar-refractivity contribution in [2.24, 2.45) is 0 Å². The average molecular weight is 332 g/mol. The van der Waals surface area contributed by atoms with Gasteiger partial charge in [-0.25, -0.2) is 16.8 Å². The summed E-state index contributed by atoms with van der Waals surface area (Å²) in [7, 11) is -7.21. The molecule has 0 atom stereocenters. The molecule has 118 valence electrons. The van der Waals surface area contributed by atoms with Crippen molar-refractivity contribution in [3.63, 3.8) is 0 Å². The molecule has 1 aromatic rings. The number of hydrogen-bond acceptors (Lipinski definition) is 6. The van der Waals surface area contributed by atoms with Crippen molar-refractivity contribution in [1.82, 2.24) is 10.2 Å². The number of rotatable bonds is 4. The second-order valence-electron chi connectivity index (χ2n) is 5.31. The molecule has 0 saturated carbocycles. The van der Waals surface area contributed by atoms with Gasteiger partial charge in [-0.2, -0.15) is 0 Å². The van der Waals surface area contributed by atoms with Crippen molar-refractivity contribution in [3.8, 4) is 0 Å². The van der Waals surface area contributed by atoms with Gasteiger partial charge in [-0.1, -0.05) is 12.1 Å². The van der Waals surface area contributed by atoms with E-state index in [0.717, 1.165) is 38.7 Å². The summed E-state index contributed by atoms with van der Waals surface area (Å²) >= 11 is 0. The van der Waals surface area contributed by atoms with Crippen LogP contribution < -0.4 is 5.32 Å². The van der Waals surface area contributed by atoms with E-state index in [4.69, 9.17) is 0 Å². The highest BCUT2D eigenvalue weighted by Gasteiger charge is 2.25. The van der Waals surface area contributed by atoms with Crippen molar-refractivity contribution in [2.45, 2.75) is 16.3 Å². The number of benzene rings is 1. The number of nitrogens with one attached hydrogen (secondary N) is 1. The van der Waals surface area contributed by atoms with Crippen LogP contribution in [0.1, 0.15) is 5.56 Å². The van der Waals surface area contributed by atoms with Gasteiger partial charge in [0.2, 0.25) is 0 Å². The molecule has 0 aliphatic carbocycles. The summed E-state index contributed by atoms with van der Waals surface area (Å²) < 4.78 is 47.8. The van der Waals surface area contributed by atoms with E-state index in [1.807, 2.05) is 0 Å². The van der Waals surface area contributed by atoms with Crippen LogP contribution in [0.25, 0.3) is 0 Å². The fourth-order valence-electron chi connectivity index (χ4n) is 2.51. The molecule has 1 fully saturated rings. The molecular weight excluding hydrogens is 312 g/mol. The molecule has 1 aliphatic heterocycles. The molecule has 0 unspecified atom stereocenters. The summed E-state index contributed by atoms with van der Waals surface area (Å²) in [6, 6.07) is 4.64. The Balaban J connectivity index is 2.50. The smallest absolute Gasteiger partial charge is 0.177 e. The molecule has 1 heterocycles. The molecule has 0 aromatic heterocycles. The monoisotopic (exact) mass is 332 g/mol. The Labute approximate surface area is 126 Å². The minimum Gasteiger partial charge on any atom is -0.314 e. The summed E-state index contributed by atoms with van der Waals surface area (Å²) in [6.45, 7) is 3.76. The molecule has 1 aromatic carbocycles. The van der Waals surface area contributed by atoms with E-state index in [1.165, 1.54) is 6.07 Å². The van der Waals surface area contributed by atoms with Gasteiger partial charge in [0.1, 0.15) is 0 Å². The van der Waals surface area contributed by atoms with E-state index < -0.39 is 19.7 Å². The van der Waals surface area contributed by atoms with E-state index in [0.29, 0.717) is 12.1 Å². The predicted molar refractivity (Wildman–Crippen MR) is 80.8 cm³/mol. The third-order valence-electron chi connectivity index (χ3n) is 3.43. The molecule has 0 radical (unpaired) electrons. The minimum absolute atomic E-state index is 0.0639. The average Bonchev–Trinajstić information content (AvgIpc) is 2.37. The zero-order valence-electron chi connectivity index (χ0n) is 12.2. The van der Waals surface area contributed by atoms with Crippen LogP contribution in [0.4, 0.5) is 0 Å². The number of sulfone groups is 2. The lowest BCUT2D eigenvalue weighted by Gasteiger charge is -2.28. The van der Waals surface area contributed by atoms with Crippen molar-refractivity contribution < 1.29 is 16.8 Å². The van der Waals surface area contributed by atoms with Crippen LogP contribution in [-0.2, 0) is 26.2 Å². The molecule has 1 aliphatic rings. The molecule has 6 nitrogen and oxygen atoms in total. The second kappa shape index (κ2) is 6.04. The maximum absolute atomic E-state index is 12.1. The second-order valence-corrected chi connectivity index (χ2v) is 9.25. The largest absolute Gasteiger partial charge is 0.314 e. The third-order valence-corrected chi connectivity index (χ3v) is 5.93. The first-order chi connectivity index (χ1) is 9.69. The number of nitrogens with zero attached hydrogens (tertiary/aromatic N) is 1. The summed E-state index contributed by atoms with van der Waals surface area (Å²) in [5.74, 6) is 0. The van der Waals surface area contributed by atoms with Crippen LogP contribution in [0.3, 0.4) is 0 Å². The maximum Gasteiger partial charge on any atom is 0.177 e. The van der Waals surface area contributed by atoms with Gasteiger partial charge in [-0.05, 0) is 11.6 Å². The Morgan fingerprint density at radius 2 is 1.67 bits per heavy atom. The Morgan fingerprint density at radius 3 is 2.19 bits per heavy atom. The quantitative estimate of drug-likeness (QED) is 0.829. The molecule has 0 bridgehead atoms. The zero-order valence-corrected chi connectivity index (χ0v) is 13.8. The van der Waals surface area contributed by atoms with Crippen LogP contribution in [0, 0.1) is 0 Å². The van der Waals surface area contributed by atoms with Crippen molar-refractivity contribution in [3.05, 3.63) is 23.8 Å². The Hall–Kier alpha value is -0.960. The van der Waals surface area contributed by atoms with Gasteiger partial charge in [-0.3, -0.25) is 4.90 Å². The van der Waals surface area contributed by atoms with Gasteiger partial charge >= 0.3 is 0 Å². The lowest BCUT2D eigenvalue weighted by molar-refractivity contribution is 0.231. The Bertz CT molecular complexity index is 721. The van der Waals surface area contributed by atoms with Crippen LogP contribution in [0.15, 0.2) is 28.0 Å². The Kier molecular flexibility index (Phi) is 4.72. The molecule has 0 amide bonds. The van der Waals surface area contributed by atoms with E-state index in [-0.39, 0.29) is 9.79 Å². The minimum atomic E-state index is -3.62. The van der Waals surface area contributed by atoms with E-state index in [2.05, 4.69) is 10.2 Å². The SMILES string of the molecule is CS(=O)(=O)c1cccc(CN2CCNCC2)c1S(C)(=O)=O. The van der Waals surface area contributed by atoms with E-state index >= 15 is 0 Å². The number of hydrogen-bond donors (Lipinski definition) is 1. The van der Waals surface area contributed by atoms with Gasteiger partial charge in [0, 0.05) is 45.2 Å². The summed E-state index contributed by atoms with van der Waals surface area (Å²) in [5.41, 5.74) is 0.544. The highest BCUT2D eigenvalue weighted by molar-refractivity contribution is 7.93. The molecule has 1 N–H and O–H groups in total. The van der Waals surface area contributed by atoms with Gasteiger partial charge in [0.15, 0.2) is 19.7 Å². The van der Waals surface area contributed by atoms with Gasteiger partial charge in [-0.15, -0.1) is 0 Å².